The van der Waals surface area contributed by atoms with Crippen LogP contribution >= 0.6 is 12.2 Å². The monoisotopic (exact) mass is 486 g/mol. The molecule has 2 heterocycles. The Balaban J connectivity index is 1.75. The van der Waals surface area contributed by atoms with Crippen LogP contribution in [0.5, 0.6) is 0 Å². The van der Waals surface area contributed by atoms with Crippen molar-refractivity contribution in [2.75, 3.05) is 9.80 Å². The van der Waals surface area contributed by atoms with Crippen LogP contribution in [-0.2, 0) is 24.1 Å². The predicted octanol–water partition coefficient (Wildman–Crippen LogP) is 4.34. The predicted molar refractivity (Wildman–Crippen MR) is 126 cm³/mol. The maximum absolute atomic E-state index is 13.6. The van der Waals surface area contributed by atoms with Gasteiger partial charge in [0.05, 0.1) is 35.8 Å². The number of amides is 1. The maximum Gasteiger partial charge on any atom is 0.416 e. The summed E-state index contributed by atoms with van der Waals surface area (Å²) in [6.07, 6.45) is -2.51. The minimum absolute atomic E-state index is 0.0282. The molecule has 1 aliphatic heterocycles. The molecule has 176 valence electrons. The van der Waals surface area contributed by atoms with Gasteiger partial charge in [-0.25, -0.2) is 0 Å². The van der Waals surface area contributed by atoms with Crippen LogP contribution in [-0.4, -0.2) is 26.3 Å². The summed E-state index contributed by atoms with van der Waals surface area (Å²) in [5.74, 6) is -0.448. The highest BCUT2D eigenvalue weighted by Gasteiger charge is 2.50. The summed E-state index contributed by atoms with van der Waals surface area (Å²) < 4.78 is 42.4. The molecule has 0 radical (unpaired) electrons. The number of hydrogen-bond acceptors (Lipinski definition) is 5. The normalized spacial score (nSPS) is 15.9. The summed E-state index contributed by atoms with van der Waals surface area (Å²) in [6, 6.07) is 11.0. The highest BCUT2D eigenvalue weighted by Crippen LogP contribution is 2.40. The Morgan fingerprint density at radius 2 is 1.88 bits per heavy atom. The number of aromatic nitrogens is 2. The molecule has 1 fully saturated rings. The number of thiocarbonyl (C=S) groups is 1. The average molecular weight is 487 g/mol. The van der Waals surface area contributed by atoms with Crippen molar-refractivity contribution in [2.45, 2.75) is 45.1 Å². The van der Waals surface area contributed by atoms with E-state index >= 15 is 0 Å². The summed E-state index contributed by atoms with van der Waals surface area (Å²) in [7, 11) is 0. The third-order valence-electron chi connectivity index (χ3n) is 5.79. The molecule has 4 rings (SSSR count). The Morgan fingerprint density at radius 1 is 1.18 bits per heavy atom. The van der Waals surface area contributed by atoms with Crippen molar-refractivity contribution in [3.8, 4) is 6.07 Å². The fourth-order valence-corrected chi connectivity index (χ4v) is 4.61. The van der Waals surface area contributed by atoms with E-state index in [9.17, 15) is 18.0 Å². The number of rotatable bonds is 5. The third-order valence-corrected chi connectivity index (χ3v) is 6.16. The van der Waals surface area contributed by atoms with Crippen LogP contribution < -0.4 is 15.5 Å². The Hall–Kier alpha value is -3.49. The number of benzene rings is 2. The molecule has 2 N–H and O–H groups in total. The second-order valence-corrected chi connectivity index (χ2v) is 8.77. The number of alkyl halides is 3. The number of carbonyl (C=O) groups is 1. The number of nitrogens with two attached hydrogens (primary N) is 1. The maximum atomic E-state index is 13.6. The molecule has 2 aromatic carbocycles. The minimum Gasteiger partial charge on any atom is -0.326 e. The molecule has 34 heavy (non-hydrogen) atoms. The van der Waals surface area contributed by atoms with Crippen molar-refractivity contribution in [1.29, 1.82) is 5.26 Å². The Morgan fingerprint density at radius 3 is 2.53 bits per heavy atom. The molecule has 0 spiro atoms. The summed E-state index contributed by atoms with van der Waals surface area (Å²) in [5.41, 5.74) is 4.71. The van der Waals surface area contributed by atoms with Gasteiger partial charge in [-0.3, -0.25) is 14.4 Å². The summed E-state index contributed by atoms with van der Waals surface area (Å²) in [6.45, 7) is 3.50. The van der Waals surface area contributed by atoms with E-state index in [0.29, 0.717) is 24.2 Å². The zero-order chi connectivity index (χ0) is 24.8. The van der Waals surface area contributed by atoms with E-state index in [1.54, 1.807) is 41.8 Å². The van der Waals surface area contributed by atoms with Crippen LogP contribution in [0.4, 0.5) is 24.5 Å². The smallest absolute Gasteiger partial charge is 0.326 e. The highest BCUT2D eigenvalue weighted by molar-refractivity contribution is 7.81. The molecule has 11 heteroatoms. The second-order valence-electron chi connectivity index (χ2n) is 8.40. The van der Waals surface area contributed by atoms with Gasteiger partial charge >= 0.3 is 6.18 Å². The molecule has 0 aliphatic carbocycles. The van der Waals surface area contributed by atoms with E-state index < -0.39 is 23.2 Å². The molecule has 0 bridgehead atoms. The lowest BCUT2D eigenvalue weighted by atomic mass is 10.0. The first-order valence-corrected chi connectivity index (χ1v) is 10.8. The highest BCUT2D eigenvalue weighted by atomic mass is 32.1. The van der Waals surface area contributed by atoms with E-state index in [1.165, 1.54) is 12.1 Å². The lowest BCUT2D eigenvalue weighted by Gasteiger charge is -2.29. The Bertz CT molecular complexity index is 1340. The average Bonchev–Trinajstić information content (AvgIpc) is 3.26. The van der Waals surface area contributed by atoms with Gasteiger partial charge < -0.3 is 10.6 Å². The van der Waals surface area contributed by atoms with Gasteiger partial charge in [-0.2, -0.15) is 23.5 Å². The van der Waals surface area contributed by atoms with Crippen molar-refractivity contribution in [2.24, 2.45) is 5.73 Å². The van der Waals surface area contributed by atoms with E-state index in [1.807, 2.05) is 6.07 Å². The zero-order valence-corrected chi connectivity index (χ0v) is 19.2. The zero-order valence-electron chi connectivity index (χ0n) is 18.4. The molecule has 0 atom stereocenters. The molecule has 1 amide bonds. The molecular formula is C23H21F3N6OS. The lowest BCUT2D eigenvalue weighted by Crippen LogP contribution is -2.44. The lowest BCUT2D eigenvalue weighted by molar-refractivity contribution is -0.138. The van der Waals surface area contributed by atoms with Crippen molar-refractivity contribution in [3.63, 3.8) is 0 Å². The van der Waals surface area contributed by atoms with Crippen LogP contribution in [0.3, 0.4) is 0 Å². The first-order valence-electron chi connectivity index (χ1n) is 10.4. The van der Waals surface area contributed by atoms with E-state index in [-0.39, 0.29) is 22.9 Å². The van der Waals surface area contributed by atoms with Gasteiger partial charge in [0.15, 0.2) is 5.11 Å². The molecule has 0 unspecified atom stereocenters. The van der Waals surface area contributed by atoms with Gasteiger partial charge in [0, 0.05) is 23.8 Å². The van der Waals surface area contributed by atoms with E-state index in [2.05, 4.69) is 11.2 Å². The van der Waals surface area contributed by atoms with Crippen LogP contribution in [0, 0.1) is 11.3 Å². The van der Waals surface area contributed by atoms with Crippen molar-refractivity contribution in [3.05, 3.63) is 53.7 Å². The molecule has 1 aromatic heterocycles. The van der Waals surface area contributed by atoms with Gasteiger partial charge in [-0.1, -0.05) is 6.07 Å². The number of anilines is 2. The van der Waals surface area contributed by atoms with Crippen LogP contribution in [0.15, 0.2) is 42.6 Å². The Labute approximate surface area is 199 Å². The molecule has 1 aliphatic rings. The first-order chi connectivity index (χ1) is 16.0. The van der Waals surface area contributed by atoms with Crippen molar-refractivity contribution >= 4 is 45.5 Å². The van der Waals surface area contributed by atoms with E-state index in [0.717, 1.165) is 16.4 Å². The SMILES string of the molecule is CC1(C)C(=O)N(c2ccc(CN)c(C(F)(F)F)c2)C(=S)N1c1ccc2nn(CCC#N)cc2c1. The summed E-state index contributed by atoms with van der Waals surface area (Å²) in [5, 5.41) is 14.1. The molecule has 0 saturated carbocycles. The number of nitrogens with zero attached hydrogens (tertiary/aromatic N) is 5. The quantitative estimate of drug-likeness (QED) is 0.540. The minimum atomic E-state index is -4.62. The van der Waals surface area contributed by atoms with Crippen LogP contribution in [0.2, 0.25) is 0 Å². The summed E-state index contributed by atoms with van der Waals surface area (Å²) in [4.78, 5) is 16.1. The molecule has 3 aromatic rings. The number of carbonyl (C=O) groups excluding carboxylic acids is 1. The number of hydrogen-bond donors (Lipinski definition) is 1. The topological polar surface area (TPSA) is 91.2 Å². The largest absolute Gasteiger partial charge is 0.416 e. The molecule has 1 saturated heterocycles. The number of nitriles is 1. The van der Waals surface area contributed by atoms with Crippen LogP contribution in [0.25, 0.3) is 10.9 Å². The first kappa shape index (κ1) is 23.7. The number of fused-ring (bicyclic) bond motifs is 1. The fourth-order valence-electron chi connectivity index (χ4n) is 4.08. The fraction of sp³-hybridized carbons (Fsp3) is 0.304. The van der Waals surface area contributed by atoms with Gasteiger partial charge in [0.1, 0.15) is 5.54 Å². The molecular weight excluding hydrogens is 465 g/mol. The Kier molecular flexibility index (Phi) is 5.83. The standard InChI is InChI=1S/C23H21F3N6OS/c1-22(2)20(33)31(16-5-4-14(12-28)18(11-16)23(24,25)26)21(34)32(22)17-6-7-19-15(10-17)13-30(29-19)9-3-8-27/h4-7,10-11,13H,3,9,12,28H2,1-2H3. The second kappa shape index (κ2) is 8.38. The van der Waals surface area contributed by atoms with Gasteiger partial charge in [0.2, 0.25) is 0 Å². The van der Waals surface area contributed by atoms with Gasteiger partial charge in [-0.15, -0.1) is 0 Å². The third kappa shape index (κ3) is 3.89. The van der Waals surface area contributed by atoms with Crippen LogP contribution in [0.1, 0.15) is 31.4 Å². The van der Waals surface area contributed by atoms with Crippen molar-refractivity contribution in [1.82, 2.24) is 9.78 Å². The van der Waals surface area contributed by atoms with Gasteiger partial charge in [-0.05, 0) is 62.0 Å². The van der Waals surface area contributed by atoms with E-state index in [4.69, 9.17) is 23.2 Å². The van der Waals surface area contributed by atoms with Gasteiger partial charge in [0.25, 0.3) is 5.91 Å². The number of aryl methyl sites for hydroxylation is 1. The number of halogens is 3. The van der Waals surface area contributed by atoms with Crippen molar-refractivity contribution < 1.29 is 18.0 Å². The summed E-state index contributed by atoms with van der Waals surface area (Å²) >= 11 is 5.60. The molecule has 7 nitrogen and oxygen atoms in total.